The van der Waals surface area contributed by atoms with E-state index in [1.807, 2.05) is 4.90 Å². The molecule has 1 saturated carbocycles. The highest BCUT2D eigenvalue weighted by Crippen LogP contribution is 2.31. The molecule has 1 amide bonds. The summed E-state index contributed by atoms with van der Waals surface area (Å²) >= 11 is 5.91. The lowest BCUT2D eigenvalue weighted by Crippen LogP contribution is -2.55. The first-order valence-corrected chi connectivity index (χ1v) is 9.04. The van der Waals surface area contributed by atoms with Gasteiger partial charge in [0, 0.05) is 38.8 Å². The van der Waals surface area contributed by atoms with E-state index in [1.165, 1.54) is 18.9 Å². The molecule has 1 aliphatic heterocycles. The van der Waals surface area contributed by atoms with Crippen LogP contribution in [-0.2, 0) is 11.2 Å². The van der Waals surface area contributed by atoms with Crippen LogP contribution in [0.5, 0.6) is 5.75 Å². The number of carbonyl (C=O) groups excluding carboxylic acids is 1. The van der Waals surface area contributed by atoms with E-state index in [9.17, 15) is 15.0 Å². The Morgan fingerprint density at radius 1 is 1.29 bits per heavy atom. The van der Waals surface area contributed by atoms with Crippen molar-refractivity contribution in [3.8, 4) is 5.75 Å². The highest BCUT2D eigenvalue weighted by Gasteiger charge is 2.33. The van der Waals surface area contributed by atoms with Crippen molar-refractivity contribution in [3.05, 3.63) is 28.8 Å². The van der Waals surface area contributed by atoms with E-state index in [0.717, 1.165) is 31.1 Å². The van der Waals surface area contributed by atoms with Gasteiger partial charge in [0.15, 0.2) is 0 Å². The molecule has 24 heavy (non-hydrogen) atoms. The second kappa shape index (κ2) is 7.72. The average molecular weight is 353 g/mol. The SMILES string of the molecule is O=C(Cc1ccc(O)c(Cl)c1)N1CCN(CC2CC2)[C@H](CCO)C1. The van der Waals surface area contributed by atoms with Crippen molar-refractivity contribution in [1.29, 1.82) is 0 Å². The molecule has 5 nitrogen and oxygen atoms in total. The summed E-state index contributed by atoms with van der Waals surface area (Å²) in [4.78, 5) is 16.9. The van der Waals surface area contributed by atoms with Crippen molar-refractivity contribution in [2.75, 3.05) is 32.8 Å². The van der Waals surface area contributed by atoms with Gasteiger partial charge in [-0.05, 0) is 42.9 Å². The number of aromatic hydroxyl groups is 1. The molecule has 2 aliphatic rings. The van der Waals surface area contributed by atoms with E-state index >= 15 is 0 Å². The zero-order valence-electron chi connectivity index (χ0n) is 13.8. The predicted octanol–water partition coefficient (Wildman–Crippen LogP) is 1.89. The minimum atomic E-state index is 0.0320. The summed E-state index contributed by atoms with van der Waals surface area (Å²) < 4.78 is 0. The van der Waals surface area contributed by atoms with Gasteiger partial charge in [-0.3, -0.25) is 9.69 Å². The lowest BCUT2D eigenvalue weighted by molar-refractivity contribution is -0.133. The van der Waals surface area contributed by atoms with E-state index in [-0.39, 0.29) is 35.7 Å². The van der Waals surface area contributed by atoms with E-state index < -0.39 is 0 Å². The van der Waals surface area contributed by atoms with Crippen LogP contribution in [0.25, 0.3) is 0 Å². The molecular formula is C18H25ClN2O3. The average Bonchev–Trinajstić information content (AvgIpc) is 3.37. The van der Waals surface area contributed by atoms with Crippen LogP contribution in [-0.4, -0.2) is 64.7 Å². The Bertz CT molecular complexity index is 592. The molecule has 1 aliphatic carbocycles. The predicted molar refractivity (Wildman–Crippen MR) is 93.2 cm³/mol. The van der Waals surface area contributed by atoms with Crippen molar-refractivity contribution >= 4 is 17.5 Å². The Kier molecular flexibility index (Phi) is 5.64. The number of phenolic OH excluding ortho intramolecular Hbond substituents is 1. The highest BCUT2D eigenvalue weighted by molar-refractivity contribution is 6.32. The number of benzene rings is 1. The van der Waals surface area contributed by atoms with Crippen molar-refractivity contribution in [1.82, 2.24) is 9.80 Å². The molecule has 1 atom stereocenters. The van der Waals surface area contributed by atoms with Gasteiger partial charge >= 0.3 is 0 Å². The minimum Gasteiger partial charge on any atom is -0.506 e. The molecule has 6 heteroatoms. The molecule has 132 valence electrons. The Morgan fingerprint density at radius 3 is 2.75 bits per heavy atom. The molecule has 1 heterocycles. The Labute approximate surface area is 147 Å². The first-order chi connectivity index (χ1) is 11.6. The van der Waals surface area contributed by atoms with Crippen LogP contribution in [0.15, 0.2) is 18.2 Å². The third-order valence-corrected chi connectivity index (χ3v) is 5.28. The normalized spacial score (nSPS) is 21.9. The van der Waals surface area contributed by atoms with Gasteiger partial charge < -0.3 is 15.1 Å². The fourth-order valence-corrected chi connectivity index (χ4v) is 3.56. The van der Waals surface area contributed by atoms with Gasteiger partial charge in [0.05, 0.1) is 11.4 Å². The number of aliphatic hydroxyl groups excluding tert-OH is 1. The van der Waals surface area contributed by atoms with Crippen molar-refractivity contribution in [2.45, 2.75) is 31.7 Å². The van der Waals surface area contributed by atoms with E-state index in [2.05, 4.69) is 4.90 Å². The number of piperazine rings is 1. The van der Waals surface area contributed by atoms with Gasteiger partial charge in [0.2, 0.25) is 5.91 Å². The smallest absolute Gasteiger partial charge is 0.227 e. The van der Waals surface area contributed by atoms with E-state index in [1.54, 1.807) is 12.1 Å². The zero-order valence-corrected chi connectivity index (χ0v) is 14.6. The summed E-state index contributed by atoms with van der Waals surface area (Å²) in [5, 5.41) is 19.1. The van der Waals surface area contributed by atoms with Crippen molar-refractivity contribution in [2.24, 2.45) is 5.92 Å². The molecule has 2 N–H and O–H groups in total. The topological polar surface area (TPSA) is 64.0 Å². The fraction of sp³-hybridized carbons (Fsp3) is 0.611. The number of nitrogens with zero attached hydrogens (tertiary/aromatic N) is 2. The van der Waals surface area contributed by atoms with Gasteiger partial charge in [0.1, 0.15) is 5.75 Å². The van der Waals surface area contributed by atoms with E-state index in [0.29, 0.717) is 13.0 Å². The van der Waals surface area contributed by atoms with Crippen LogP contribution in [0.2, 0.25) is 5.02 Å². The summed E-state index contributed by atoms with van der Waals surface area (Å²) in [6, 6.07) is 5.14. The first-order valence-electron chi connectivity index (χ1n) is 8.67. The Morgan fingerprint density at radius 2 is 2.08 bits per heavy atom. The quantitative estimate of drug-likeness (QED) is 0.820. The van der Waals surface area contributed by atoms with Crippen molar-refractivity contribution < 1.29 is 15.0 Å². The second-order valence-corrected chi connectivity index (χ2v) is 7.31. The monoisotopic (exact) mass is 352 g/mol. The van der Waals surface area contributed by atoms with Crippen LogP contribution >= 0.6 is 11.6 Å². The number of amides is 1. The van der Waals surface area contributed by atoms with Crippen LogP contribution in [0.4, 0.5) is 0 Å². The van der Waals surface area contributed by atoms with Crippen molar-refractivity contribution in [3.63, 3.8) is 0 Å². The molecule has 0 bridgehead atoms. The minimum absolute atomic E-state index is 0.0320. The fourth-order valence-electron chi connectivity index (χ4n) is 3.36. The standard InChI is InChI=1S/C18H25ClN2O3/c19-16-9-14(3-4-17(16)23)10-18(24)21-7-6-20(11-13-1-2-13)15(12-21)5-8-22/h3-4,9,13,15,22-23H,1-2,5-8,10-12H2/t15-/m1/s1. The third kappa shape index (κ3) is 4.41. The number of halogens is 1. The maximum Gasteiger partial charge on any atom is 0.227 e. The molecule has 3 rings (SSSR count). The summed E-state index contributed by atoms with van der Waals surface area (Å²) in [5.74, 6) is 0.919. The second-order valence-electron chi connectivity index (χ2n) is 6.91. The van der Waals surface area contributed by atoms with Gasteiger partial charge in [-0.1, -0.05) is 17.7 Å². The lowest BCUT2D eigenvalue weighted by atomic mass is 10.1. The summed E-state index contributed by atoms with van der Waals surface area (Å²) in [7, 11) is 0. The summed E-state index contributed by atoms with van der Waals surface area (Å²) in [5.41, 5.74) is 0.807. The zero-order chi connectivity index (χ0) is 17.1. The van der Waals surface area contributed by atoms with Crippen LogP contribution < -0.4 is 0 Å². The van der Waals surface area contributed by atoms with Gasteiger partial charge in [-0.15, -0.1) is 0 Å². The Hall–Kier alpha value is -1.30. The number of aliphatic hydroxyl groups is 1. The third-order valence-electron chi connectivity index (χ3n) is 4.98. The number of rotatable bonds is 6. The molecule has 0 aromatic heterocycles. The summed E-state index contributed by atoms with van der Waals surface area (Å²) in [6.07, 6.45) is 3.62. The van der Waals surface area contributed by atoms with Crippen LogP contribution in [0.1, 0.15) is 24.8 Å². The maximum absolute atomic E-state index is 12.6. The molecule has 0 radical (unpaired) electrons. The Balaban J connectivity index is 1.59. The molecule has 1 saturated heterocycles. The number of carbonyl (C=O) groups is 1. The highest BCUT2D eigenvalue weighted by atomic mass is 35.5. The number of hydrogen-bond donors (Lipinski definition) is 2. The van der Waals surface area contributed by atoms with E-state index in [4.69, 9.17) is 11.6 Å². The van der Waals surface area contributed by atoms with Crippen LogP contribution in [0, 0.1) is 5.92 Å². The molecular weight excluding hydrogens is 328 g/mol. The molecule has 0 unspecified atom stereocenters. The maximum atomic E-state index is 12.6. The van der Waals surface area contributed by atoms with Gasteiger partial charge in [-0.25, -0.2) is 0 Å². The first kappa shape index (κ1) is 17.5. The largest absolute Gasteiger partial charge is 0.506 e. The summed E-state index contributed by atoms with van der Waals surface area (Å²) in [6.45, 7) is 3.54. The van der Waals surface area contributed by atoms with Gasteiger partial charge in [-0.2, -0.15) is 0 Å². The lowest BCUT2D eigenvalue weighted by Gasteiger charge is -2.41. The number of hydrogen-bond acceptors (Lipinski definition) is 4. The molecule has 2 fully saturated rings. The van der Waals surface area contributed by atoms with Gasteiger partial charge in [0.25, 0.3) is 0 Å². The van der Waals surface area contributed by atoms with Crippen LogP contribution in [0.3, 0.4) is 0 Å². The molecule has 0 spiro atoms. The molecule has 1 aromatic carbocycles. The molecule has 1 aromatic rings. The number of phenols is 1.